The van der Waals surface area contributed by atoms with Crippen molar-refractivity contribution < 1.29 is 13.9 Å². The maximum Gasteiger partial charge on any atom is 0.309 e. The maximum absolute atomic E-state index is 13.9. The lowest BCUT2D eigenvalue weighted by Gasteiger charge is -2.28. The van der Waals surface area contributed by atoms with Crippen LogP contribution in [0.25, 0.3) is 0 Å². The second kappa shape index (κ2) is 7.61. The van der Waals surface area contributed by atoms with E-state index < -0.39 is 6.17 Å². The van der Waals surface area contributed by atoms with Crippen LogP contribution in [0.1, 0.15) is 25.0 Å². The molecule has 2 saturated heterocycles. The predicted molar refractivity (Wildman–Crippen MR) is 88.1 cm³/mol. The van der Waals surface area contributed by atoms with E-state index in [0.29, 0.717) is 19.6 Å². The van der Waals surface area contributed by atoms with Gasteiger partial charge in [0, 0.05) is 38.9 Å². The van der Waals surface area contributed by atoms with Gasteiger partial charge >= 0.3 is 5.97 Å². The standard InChI is InChI=1S/C17H27FN4O2/c1-20(7-4-13-5-8-24-17(13)23)11-16-9-14(18)10-22(16)12-15-3-6-19-21(15)2/h3,6,13-14,16H,4-5,7-12H2,1-2H3/t13-,14-,16-/m0/s1. The first kappa shape index (κ1) is 17.4. The minimum absolute atomic E-state index is 0.0375. The zero-order valence-electron chi connectivity index (χ0n) is 14.5. The van der Waals surface area contributed by atoms with Gasteiger partial charge in [-0.05, 0) is 38.9 Å². The number of likely N-dealkylation sites (N-methyl/N-ethyl adjacent to an activating group) is 1. The molecular weight excluding hydrogens is 311 g/mol. The Morgan fingerprint density at radius 2 is 2.33 bits per heavy atom. The number of halogens is 1. The van der Waals surface area contributed by atoms with Gasteiger partial charge in [0.15, 0.2) is 0 Å². The number of nitrogens with zero attached hydrogens (tertiary/aromatic N) is 4. The summed E-state index contributed by atoms with van der Waals surface area (Å²) >= 11 is 0. The highest BCUT2D eigenvalue weighted by atomic mass is 19.1. The molecule has 3 atom stereocenters. The third kappa shape index (κ3) is 4.13. The van der Waals surface area contributed by atoms with Crippen LogP contribution in [-0.2, 0) is 23.1 Å². The summed E-state index contributed by atoms with van der Waals surface area (Å²) in [6.07, 6.45) is 3.24. The average Bonchev–Trinajstić information content (AvgIpc) is 3.21. The van der Waals surface area contributed by atoms with Gasteiger partial charge in [0.2, 0.25) is 0 Å². The molecule has 0 bridgehead atoms. The third-order valence-electron chi connectivity index (χ3n) is 5.19. The Morgan fingerprint density at radius 1 is 1.50 bits per heavy atom. The zero-order valence-corrected chi connectivity index (χ0v) is 14.5. The molecule has 2 aliphatic heterocycles. The van der Waals surface area contributed by atoms with Crippen molar-refractivity contribution in [1.82, 2.24) is 19.6 Å². The van der Waals surface area contributed by atoms with Crippen LogP contribution in [-0.4, -0.2) is 71.1 Å². The smallest absolute Gasteiger partial charge is 0.309 e. The number of esters is 1. The van der Waals surface area contributed by atoms with E-state index in [1.54, 1.807) is 6.20 Å². The Labute approximate surface area is 142 Å². The van der Waals surface area contributed by atoms with Crippen LogP contribution in [0, 0.1) is 5.92 Å². The summed E-state index contributed by atoms with van der Waals surface area (Å²) < 4.78 is 20.8. The van der Waals surface area contributed by atoms with E-state index in [2.05, 4.69) is 14.9 Å². The van der Waals surface area contributed by atoms with Crippen molar-refractivity contribution in [3.63, 3.8) is 0 Å². The SMILES string of the molecule is CN(CC[C@H]1CCOC1=O)C[C@@H]1C[C@H](F)CN1Cc1ccnn1C. The van der Waals surface area contributed by atoms with E-state index in [9.17, 15) is 9.18 Å². The van der Waals surface area contributed by atoms with Gasteiger partial charge in [-0.3, -0.25) is 14.4 Å². The number of carbonyl (C=O) groups excluding carboxylic acids is 1. The van der Waals surface area contributed by atoms with Crippen LogP contribution in [0.4, 0.5) is 4.39 Å². The molecule has 0 aliphatic carbocycles. The molecule has 6 nitrogen and oxygen atoms in total. The first-order valence-corrected chi connectivity index (χ1v) is 8.73. The summed E-state index contributed by atoms with van der Waals surface area (Å²) in [4.78, 5) is 16.0. The van der Waals surface area contributed by atoms with Crippen LogP contribution in [0.15, 0.2) is 12.3 Å². The third-order valence-corrected chi connectivity index (χ3v) is 5.19. The van der Waals surface area contributed by atoms with Crippen molar-refractivity contribution >= 4 is 5.97 Å². The molecule has 1 aromatic rings. The Kier molecular flexibility index (Phi) is 5.50. The number of alkyl halides is 1. The Balaban J connectivity index is 1.50. The summed E-state index contributed by atoms with van der Waals surface area (Å²) in [5, 5.41) is 4.19. The lowest BCUT2D eigenvalue weighted by molar-refractivity contribution is -0.141. The van der Waals surface area contributed by atoms with Crippen LogP contribution in [0.5, 0.6) is 0 Å². The molecule has 3 rings (SSSR count). The number of ether oxygens (including phenoxy) is 1. The maximum atomic E-state index is 13.9. The summed E-state index contributed by atoms with van der Waals surface area (Å²) in [5.74, 6) is -0.0265. The number of hydrogen-bond donors (Lipinski definition) is 0. The van der Waals surface area contributed by atoms with Crippen molar-refractivity contribution in [3.05, 3.63) is 18.0 Å². The molecule has 3 heterocycles. The number of likely N-dealkylation sites (tertiary alicyclic amines) is 1. The lowest BCUT2D eigenvalue weighted by Crippen LogP contribution is -2.39. The van der Waals surface area contributed by atoms with E-state index in [1.165, 1.54) is 0 Å². The molecule has 0 N–H and O–H groups in total. The number of aromatic nitrogens is 2. The normalized spacial score (nSPS) is 28.0. The average molecular weight is 338 g/mol. The fourth-order valence-electron chi connectivity index (χ4n) is 3.70. The Bertz CT molecular complexity index is 565. The van der Waals surface area contributed by atoms with Gasteiger partial charge in [-0.1, -0.05) is 0 Å². The van der Waals surface area contributed by atoms with Crippen molar-refractivity contribution in [3.8, 4) is 0 Å². The Hall–Kier alpha value is -1.47. The molecule has 0 unspecified atom stereocenters. The van der Waals surface area contributed by atoms with Gasteiger partial charge in [0.25, 0.3) is 0 Å². The van der Waals surface area contributed by atoms with E-state index in [-0.39, 0.29) is 17.9 Å². The molecular formula is C17H27FN4O2. The van der Waals surface area contributed by atoms with Crippen molar-refractivity contribution in [2.75, 3.05) is 33.3 Å². The predicted octanol–water partition coefficient (Wildman–Crippen LogP) is 1.22. The number of aryl methyl sites for hydroxylation is 1. The lowest BCUT2D eigenvalue weighted by atomic mass is 10.0. The fourth-order valence-corrected chi connectivity index (χ4v) is 3.70. The molecule has 0 aromatic carbocycles. The van der Waals surface area contributed by atoms with Gasteiger partial charge in [0.1, 0.15) is 6.17 Å². The summed E-state index contributed by atoms with van der Waals surface area (Å²) in [7, 11) is 3.97. The molecule has 24 heavy (non-hydrogen) atoms. The largest absolute Gasteiger partial charge is 0.465 e. The Morgan fingerprint density at radius 3 is 3.00 bits per heavy atom. The van der Waals surface area contributed by atoms with Crippen molar-refractivity contribution in [2.24, 2.45) is 13.0 Å². The monoisotopic (exact) mass is 338 g/mol. The van der Waals surface area contributed by atoms with Crippen LogP contribution in [0.3, 0.4) is 0 Å². The quantitative estimate of drug-likeness (QED) is 0.700. The molecule has 0 radical (unpaired) electrons. The van der Waals surface area contributed by atoms with Crippen molar-refractivity contribution in [2.45, 2.75) is 38.0 Å². The van der Waals surface area contributed by atoms with Gasteiger partial charge in [-0.15, -0.1) is 0 Å². The van der Waals surface area contributed by atoms with Gasteiger partial charge in [-0.2, -0.15) is 5.10 Å². The summed E-state index contributed by atoms with van der Waals surface area (Å²) in [6.45, 7) is 3.42. The topological polar surface area (TPSA) is 50.6 Å². The first-order chi connectivity index (χ1) is 11.5. The molecule has 134 valence electrons. The number of carbonyl (C=O) groups is 1. The summed E-state index contributed by atoms with van der Waals surface area (Å²) in [5.41, 5.74) is 1.10. The van der Waals surface area contributed by atoms with Crippen molar-refractivity contribution in [1.29, 1.82) is 0 Å². The fraction of sp³-hybridized carbons (Fsp3) is 0.765. The van der Waals surface area contributed by atoms with E-state index in [4.69, 9.17) is 4.74 Å². The number of rotatable bonds is 7. The summed E-state index contributed by atoms with van der Waals surface area (Å²) in [6, 6.07) is 2.19. The molecule has 1 aromatic heterocycles. The van der Waals surface area contributed by atoms with Gasteiger partial charge < -0.3 is 9.64 Å². The highest BCUT2D eigenvalue weighted by Crippen LogP contribution is 2.24. The van der Waals surface area contributed by atoms with E-state index >= 15 is 0 Å². The highest BCUT2D eigenvalue weighted by molar-refractivity contribution is 5.74. The molecule has 2 fully saturated rings. The number of cyclic esters (lactones) is 1. The van der Waals surface area contributed by atoms with Crippen LogP contribution < -0.4 is 0 Å². The first-order valence-electron chi connectivity index (χ1n) is 8.73. The minimum Gasteiger partial charge on any atom is -0.465 e. The van der Waals surface area contributed by atoms with E-state index in [0.717, 1.165) is 38.2 Å². The zero-order chi connectivity index (χ0) is 17.1. The molecule has 0 spiro atoms. The second-order valence-electron chi connectivity index (χ2n) is 7.07. The second-order valence-corrected chi connectivity index (χ2v) is 7.07. The molecule has 2 aliphatic rings. The number of hydrogen-bond acceptors (Lipinski definition) is 5. The molecule has 7 heteroatoms. The van der Waals surface area contributed by atoms with Gasteiger partial charge in [-0.25, -0.2) is 4.39 Å². The van der Waals surface area contributed by atoms with Crippen LogP contribution >= 0.6 is 0 Å². The van der Waals surface area contributed by atoms with E-state index in [1.807, 2.05) is 24.8 Å². The van der Waals surface area contributed by atoms with Gasteiger partial charge in [0.05, 0.1) is 18.2 Å². The molecule has 0 saturated carbocycles. The highest BCUT2D eigenvalue weighted by Gasteiger charge is 2.33. The molecule has 0 amide bonds. The van der Waals surface area contributed by atoms with Crippen LogP contribution in [0.2, 0.25) is 0 Å². The minimum atomic E-state index is -0.763.